The Balaban J connectivity index is 1.41. The number of hydrogen-bond donors (Lipinski definition) is 1. The number of aromatic hydroxyl groups is 1. The summed E-state index contributed by atoms with van der Waals surface area (Å²) in [5.41, 5.74) is 2.76. The van der Waals surface area contributed by atoms with Crippen LogP contribution in [0, 0.1) is 0 Å². The van der Waals surface area contributed by atoms with Crippen molar-refractivity contribution in [2.45, 2.75) is 0 Å². The minimum absolute atomic E-state index is 0.0800. The smallest absolute Gasteiger partial charge is 0.251 e. The predicted octanol–water partition coefficient (Wildman–Crippen LogP) is 7.26. The molecule has 0 aliphatic rings. The summed E-state index contributed by atoms with van der Waals surface area (Å²) in [6, 6.07) is 15.4. The highest BCUT2D eigenvalue weighted by Crippen LogP contribution is 2.40. The second kappa shape index (κ2) is 9.23. The molecule has 2 aromatic heterocycles. The van der Waals surface area contributed by atoms with E-state index in [9.17, 15) is 5.11 Å². The Hall–Kier alpha value is -3.17. The van der Waals surface area contributed by atoms with Gasteiger partial charge in [0, 0.05) is 27.8 Å². The lowest BCUT2D eigenvalue weighted by molar-refractivity contribution is 0.407. The average molecular weight is 532 g/mol. The van der Waals surface area contributed by atoms with Crippen LogP contribution in [0.2, 0.25) is 15.1 Å². The molecule has 0 aliphatic heterocycles. The number of halogens is 3. The van der Waals surface area contributed by atoms with Crippen LogP contribution in [0.5, 0.6) is 11.5 Å². The molecule has 3 aromatic carbocycles. The zero-order valence-corrected chi connectivity index (χ0v) is 20.4. The molecule has 7 nitrogen and oxygen atoms in total. The van der Waals surface area contributed by atoms with Crippen LogP contribution in [0.25, 0.3) is 44.1 Å². The Kier molecular flexibility index (Phi) is 6.14. The van der Waals surface area contributed by atoms with Crippen molar-refractivity contribution in [1.82, 2.24) is 20.4 Å². The van der Waals surface area contributed by atoms with Gasteiger partial charge in [-0.15, -0.1) is 20.4 Å². The zero-order chi connectivity index (χ0) is 23.8. The van der Waals surface area contributed by atoms with Crippen molar-refractivity contribution in [1.29, 1.82) is 0 Å². The lowest BCUT2D eigenvalue weighted by Crippen LogP contribution is -1.87. The topological polar surface area (TPSA) is 94.2 Å². The number of phenols is 1. The SMILES string of the molecule is COc1cc(O)ccc1-c1nnc(-c2ccc(-c3nnc(-c4c(Cl)cc(Cl)cc4Cl)s3)cc2)o1. The molecule has 34 heavy (non-hydrogen) atoms. The molecule has 0 radical (unpaired) electrons. The minimum atomic E-state index is 0.0800. The number of methoxy groups -OCH3 is 1. The first-order valence-corrected chi connectivity index (χ1v) is 11.7. The van der Waals surface area contributed by atoms with E-state index in [2.05, 4.69) is 20.4 Å². The first kappa shape index (κ1) is 22.6. The molecule has 0 aliphatic carbocycles. The van der Waals surface area contributed by atoms with E-state index >= 15 is 0 Å². The van der Waals surface area contributed by atoms with Gasteiger partial charge in [-0.05, 0) is 36.4 Å². The molecule has 0 atom stereocenters. The lowest BCUT2D eigenvalue weighted by Gasteiger charge is -2.05. The third-order valence-corrected chi connectivity index (χ3v) is 6.67. The summed E-state index contributed by atoms with van der Waals surface area (Å²) in [6.45, 7) is 0. The summed E-state index contributed by atoms with van der Waals surface area (Å²) < 4.78 is 11.1. The molecule has 0 saturated heterocycles. The summed E-state index contributed by atoms with van der Waals surface area (Å²) in [5.74, 6) is 1.13. The largest absolute Gasteiger partial charge is 0.508 e. The summed E-state index contributed by atoms with van der Waals surface area (Å²) in [6.07, 6.45) is 0. The molecule has 5 aromatic rings. The number of ether oxygens (including phenoxy) is 1. The van der Waals surface area contributed by atoms with E-state index in [0.717, 1.165) is 11.1 Å². The highest BCUT2D eigenvalue weighted by Gasteiger charge is 2.18. The molecule has 0 amide bonds. The quantitative estimate of drug-likeness (QED) is 0.255. The second-order valence-electron chi connectivity index (χ2n) is 7.03. The third-order valence-electron chi connectivity index (χ3n) is 4.87. The monoisotopic (exact) mass is 530 g/mol. The van der Waals surface area contributed by atoms with Crippen molar-refractivity contribution < 1.29 is 14.3 Å². The number of benzene rings is 3. The van der Waals surface area contributed by atoms with Gasteiger partial charge in [-0.2, -0.15) is 0 Å². The Bertz CT molecular complexity index is 1480. The fourth-order valence-corrected chi connectivity index (χ4v) is 5.28. The van der Waals surface area contributed by atoms with Crippen LogP contribution in [0.15, 0.2) is 59.0 Å². The maximum absolute atomic E-state index is 9.65. The molecule has 11 heteroatoms. The van der Waals surface area contributed by atoms with E-state index < -0.39 is 0 Å². The maximum Gasteiger partial charge on any atom is 0.251 e. The molecular formula is C23H13Cl3N4O3S. The lowest BCUT2D eigenvalue weighted by atomic mass is 10.1. The van der Waals surface area contributed by atoms with Gasteiger partial charge in [-0.3, -0.25) is 0 Å². The van der Waals surface area contributed by atoms with Gasteiger partial charge in [0.15, 0.2) is 5.01 Å². The summed E-state index contributed by atoms with van der Waals surface area (Å²) >= 11 is 20.0. The van der Waals surface area contributed by atoms with Crippen LogP contribution in [-0.2, 0) is 0 Å². The van der Waals surface area contributed by atoms with E-state index in [1.165, 1.54) is 30.6 Å². The van der Waals surface area contributed by atoms with Crippen molar-refractivity contribution in [3.63, 3.8) is 0 Å². The molecule has 0 bridgehead atoms. The van der Waals surface area contributed by atoms with Gasteiger partial charge in [0.25, 0.3) is 5.89 Å². The van der Waals surface area contributed by atoms with Crippen molar-refractivity contribution in [3.8, 4) is 55.5 Å². The standard InChI is InChI=1S/C23H13Cl3N4O3S/c1-32-18-10-14(31)6-7-15(18)21-28-27-20(33-21)11-2-4-12(5-3-11)22-29-30-23(34-22)19-16(25)8-13(24)9-17(19)26/h2-10,31H,1H3. The van der Waals surface area contributed by atoms with Crippen LogP contribution < -0.4 is 4.74 Å². The fourth-order valence-electron chi connectivity index (χ4n) is 3.25. The highest BCUT2D eigenvalue weighted by atomic mass is 35.5. The number of hydrogen-bond acceptors (Lipinski definition) is 8. The van der Waals surface area contributed by atoms with Gasteiger partial charge in [-0.1, -0.05) is 58.3 Å². The Labute approximate surface area is 212 Å². The molecule has 0 fully saturated rings. The fraction of sp³-hybridized carbons (Fsp3) is 0.0435. The van der Waals surface area contributed by atoms with E-state index in [4.69, 9.17) is 44.0 Å². The number of rotatable bonds is 5. The molecule has 2 heterocycles. The van der Waals surface area contributed by atoms with Gasteiger partial charge in [0.2, 0.25) is 5.89 Å². The van der Waals surface area contributed by atoms with Crippen molar-refractivity contribution in [3.05, 3.63) is 69.7 Å². The molecule has 1 N–H and O–H groups in total. The van der Waals surface area contributed by atoms with E-state index in [1.807, 2.05) is 24.3 Å². The molecule has 170 valence electrons. The van der Waals surface area contributed by atoms with Crippen LogP contribution in [0.1, 0.15) is 0 Å². The van der Waals surface area contributed by atoms with Crippen LogP contribution in [-0.4, -0.2) is 32.6 Å². The predicted molar refractivity (Wildman–Crippen MR) is 133 cm³/mol. The van der Waals surface area contributed by atoms with Gasteiger partial charge in [0.05, 0.1) is 22.7 Å². The third kappa shape index (κ3) is 4.33. The Morgan fingerprint density at radius 3 is 2.15 bits per heavy atom. The second-order valence-corrected chi connectivity index (χ2v) is 9.26. The zero-order valence-electron chi connectivity index (χ0n) is 17.3. The van der Waals surface area contributed by atoms with E-state index in [-0.39, 0.29) is 11.6 Å². The van der Waals surface area contributed by atoms with Crippen LogP contribution in [0.4, 0.5) is 0 Å². The van der Waals surface area contributed by atoms with E-state index in [1.54, 1.807) is 18.2 Å². The van der Waals surface area contributed by atoms with Crippen LogP contribution in [0.3, 0.4) is 0 Å². The van der Waals surface area contributed by atoms with Gasteiger partial charge < -0.3 is 14.3 Å². The summed E-state index contributed by atoms with van der Waals surface area (Å²) in [4.78, 5) is 0. The number of phenolic OH excluding ortho intramolecular Hbond substituents is 1. The molecule has 0 unspecified atom stereocenters. The minimum Gasteiger partial charge on any atom is -0.508 e. The van der Waals surface area contributed by atoms with E-state index in [0.29, 0.717) is 47.9 Å². The van der Waals surface area contributed by atoms with Gasteiger partial charge >= 0.3 is 0 Å². The first-order valence-electron chi connectivity index (χ1n) is 9.73. The summed E-state index contributed by atoms with van der Waals surface area (Å²) in [5, 5.41) is 29.0. The molecular weight excluding hydrogens is 519 g/mol. The summed E-state index contributed by atoms with van der Waals surface area (Å²) in [7, 11) is 1.50. The first-order chi connectivity index (χ1) is 16.4. The Morgan fingerprint density at radius 1 is 0.794 bits per heavy atom. The number of nitrogens with zero attached hydrogens (tertiary/aromatic N) is 4. The van der Waals surface area contributed by atoms with Gasteiger partial charge in [-0.25, -0.2) is 0 Å². The normalized spacial score (nSPS) is 11.1. The molecule has 0 saturated carbocycles. The molecule has 0 spiro atoms. The van der Waals surface area contributed by atoms with Crippen LogP contribution >= 0.6 is 46.1 Å². The number of aromatic nitrogens is 4. The molecule has 5 rings (SSSR count). The van der Waals surface area contributed by atoms with Gasteiger partial charge in [0.1, 0.15) is 16.5 Å². The maximum atomic E-state index is 9.65. The van der Waals surface area contributed by atoms with Crippen molar-refractivity contribution in [2.75, 3.05) is 7.11 Å². The average Bonchev–Trinajstić information content (AvgIpc) is 3.49. The van der Waals surface area contributed by atoms with Crippen molar-refractivity contribution in [2.24, 2.45) is 0 Å². The highest BCUT2D eigenvalue weighted by molar-refractivity contribution is 7.18. The van der Waals surface area contributed by atoms with Crippen molar-refractivity contribution >= 4 is 46.1 Å². The Morgan fingerprint density at radius 2 is 1.44 bits per heavy atom.